The summed E-state index contributed by atoms with van der Waals surface area (Å²) >= 11 is 0. The molecule has 0 radical (unpaired) electrons. The number of halogens is 1. The van der Waals surface area contributed by atoms with Crippen molar-refractivity contribution in [3.8, 4) is 11.8 Å². The first-order chi connectivity index (χ1) is 11.2. The maximum Gasteiger partial charge on any atom is 0.216 e. The van der Waals surface area contributed by atoms with Crippen LogP contribution in [0, 0.1) is 17.1 Å². The predicted octanol–water partition coefficient (Wildman–Crippen LogP) is 2.88. The fourth-order valence-electron chi connectivity index (χ4n) is 1.94. The number of nitrogens with one attached hydrogen (secondary N) is 2. The first-order valence-electron chi connectivity index (χ1n) is 7.25. The fourth-order valence-corrected chi connectivity index (χ4v) is 1.94. The molecule has 1 heterocycles. The Hall–Kier alpha value is -2.95. The van der Waals surface area contributed by atoms with Crippen molar-refractivity contribution < 1.29 is 9.13 Å². The van der Waals surface area contributed by atoms with E-state index >= 15 is 0 Å². The number of nitrogens with zero attached hydrogens (tertiary/aromatic N) is 4. The summed E-state index contributed by atoms with van der Waals surface area (Å²) in [5, 5.41) is 25.0. The molecule has 2 aromatic rings. The van der Waals surface area contributed by atoms with Crippen molar-refractivity contribution in [1.82, 2.24) is 20.6 Å². The van der Waals surface area contributed by atoms with Crippen LogP contribution in [0.2, 0.25) is 0 Å². The second-order valence-electron chi connectivity index (χ2n) is 4.72. The van der Waals surface area contributed by atoms with Crippen LogP contribution < -0.4 is 10.1 Å². The average molecular weight is 316 g/mol. The van der Waals surface area contributed by atoms with Crippen LogP contribution >= 0.6 is 0 Å². The number of para-hydroxylation sites is 1. The van der Waals surface area contributed by atoms with Gasteiger partial charge in [0.1, 0.15) is 28.9 Å². The first kappa shape index (κ1) is 16.4. The van der Waals surface area contributed by atoms with Crippen molar-refractivity contribution in [2.45, 2.75) is 32.8 Å². The number of tetrazole rings is 1. The molecule has 0 saturated heterocycles. The number of nitriles is 1. The molecule has 0 unspecified atom stereocenters. The molecule has 23 heavy (non-hydrogen) atoms. The molecule has 0 fully saturated rings. The summed E-state index contributed by atoms with van der Waals surface area (Å²) in [7, 11) is 0. The summed E-state index contributed by atoms with van der Waals surface area (Å²) in [4.78, 5) is 0. The number of H-pyrrole nitrogens is 1. The third-order valence-corrected chi connectivity index (χ3v) is 3.25. The summed E-state index contributed by atoms with van der Waals surface area (Å²) in [6.07, 6.45) is 2.95. The Morgan fingerprint density at radius 1 is 1.48 bits per heavy atom. The molecule has 1 aromatic carbocycles. The van der Waals surface area contributed by atoms with E-state index in [1.54, 1.807) is 12.1 Å². The lowest BCUT2D eigenvalue weighted by Crippen LogP contribution is -2.14. The van der Waals surface area contributed by atoms with Gasteiger partial charge in [-0.15, -0.1) is 10.2 Å². The van der Waals surface area contributed by atoms with Crippen LogP contribution in [0.25, 0.3) is 5.57 Å². The topological polar surface area (TPSA) is 99.5 Å². The minimum atomic E-state index is -0.477. The maximum atomic E-state index is 14.1. The monoisotopic (exact) mass is 316 g/mol. The van der Waals surface area contributed by atoms with Gasteiger partial charge in [0.15, 0.2) is 0 Å². The van der Waals surface area contributed by atoms with Crippen molar-refractivity contribution in [3.05, 3.63) is 36.0 Å². The molecule has 0 amide bonds. The summed E-state index contributed by atoms with van der Waals surface area (Å²) in [6, 6.07) is 6.50. The number of anilines is 1. The zero-order chi connectivity index (χ0) is 16.7. The SMILES string of the molecule is CCC(CC)Oc1cccc(F)c1NC=C(C#N)c1nn[nH]n1. The van der Waals surface area contributed by atoms with E-state index < -0.39 is 5.82 Å². The van der Waals surface area contributed by atoms with E-state index in [9.17, 15) is 4.39 Å². The molecular weight excluding hydrogens is 299 g/mol. The van der Waals surface area contributed by atoms with Crippen molar-refractivity contribution >= 4 is 11.3 Å². The van der Waals surface area contributed by atoms with E-state index in [2.05, 4.69) is 25.9 Å². The fraction of sp³-hybridized carbons (Fsp3) is 0.333. The van der Waals surface area contributed by atoms with Crippen molar-refractivity contribution in [2.24, 2.45) is 0 Å². The lowest BCUT2D eigenvalue weighted by molar-refractivity contribution is 0.193. The van der Waals surface area contributed by atoms with Crippen LogP contribution in [0.5, 0.6) is 5.75 Å². The number of rotatable bonds is 7. The summed E-state index contributed by atoms with van der Waals surface area (Å²) in [5.41, 5.74) is 0.283. The molecule has 2 rings (SSSR count). The summed E-state index contributed by atoms with van der Waals surface area (Å²) in [5.74, 6) is 0.0364. The molecular formula is C15H17FN6O. The van der Waals surface area contributed by atoms with Gasteiger partial charge in [0.05, 0.1) is 6.10 Å². The molecule has 0 aliphatic rings. The van der Waals surface area contributed by atoms with Gasteiger partial charge in [-0.05, 0) is 30.2 Å². The zero-order valence-corrected chi connectivity index (χ0v) is 12.9. The first-order valence-corrected chi connectivity index (χ1v) is 7.25. The number of hydrogen-bond acceptors (Lipinski definition) is 6. The Bertz CT molecular complexity index is 703. The Balaban J connectivity index is 2.27. The van der Waals surface area contributed by atoms with Crippen LogP contribution in [0.4, 0.5) is 10.1 Å². The van der Waals surface area contributed by atoms with Crippen LogP contribution in [0.1, 0.15) is 32.5 Å². The maximum absolute atomic E-state index is 14.1. The van der Waals surface area contributed by atoms with Crippen LogP contribution in [0.3, 0.4) is 0 Å². The Morgan fingerprint density at radius 2 is 2.26 bits per heavy atom. The smallest absolute Gasteiger partial charge is 0.216 e. The van der Waals surface area contributed by atoms with Crippen molar-refractivity contribution in [2.75, 3.05) is 5.32 Å². The molecule has 8 heteroatoms. The normalized spacial score (nSPS) is 11.3. The molecule has 0 aliphatic carbocycles. The number of hydrogen-bond donors (Lipinski definition) is 2. The Kier molecular flexibility index (Phi) is 5.63. The zero-order valence-electron chi connectivity index (χ0n) is 12.9. The van der Waals surface area contributed by atoms with E-state index in [4.69, 9.17) is 10.00 Å². The molecule has 1 aromatic heterocycles. The molecule has 0 aliphatic heterocycles. The number of benzene rings is 1. The number of ether oxygens (including phenoxy) is 1. The number of aromatic nitrogens is 4. The Morgan fingerprint density at radius 3 is 2.87 bits per heavy atom. The van der Waals surface area contributed by atoms with Gasteiger partial charge >= 0.3 is 0 Å². The van der Waals surface area contributed by atoms with Gasteiger partial charge in [-0.3, -0.25) is 0 Å². The Labute approximate surface area is 133 Å². The van der Waals surface area contributed by atoms with E-state index in [1.165, 1.54) is 12.3 Å². The summed E-state index contributed by atoms with van der Waals surface area (Å²) in [6.45, 7) is 4.01. The van der Waals surface area contributed by atoms with Gasteiger partial charge in [0, 0.05) is 6.20 Å². The van der Waals surface area contributed by atoms with Gasteiger partial charge in [-0.1, -0.05) is 19.9 Å². The minimum Gasteiger partial charge on any atom is -0.488 e. The van der Waals surface area contributed by atoms with Crippen LogP contribution in [-0.4, -0.2) is 26.7 Å². The van der Waals surface area contributed by atoms with Gasteiger partial charge in [0.2, 0.25) is 5.82 Å². The predicted molar refractivity (Wildman–Crippen MR) is 82.8 cm³/mol. The van der Waals surface area contributed by atoms with E-state index in [0.29, 0.717) is 5.75 Å². The number of allylic oxidation sites excluding steroid dienone is 1. The standard InChI is InChI=1S/C15H17FN6O/c1-3-11(4-2)23-13-7-5-6-12(16)14(13)18-9-10(8-17)15-19-21-22-20-15/h5-7,9,11,18H,3-4H2,1-2H3,(H,19,20,21,22). The van der Waals surface area contributed by atoms with Gasteiger partial charge in [-0.25, -0.2) is 4.39 Å². The average Bonchev–Trinajstić information content (AvgIpc) is 3.09. The lowest BCUT2D eigenvalue weighted by Gasteiger charge is -2.18. The quantitative estimate of drug-likeness (QED) is 0.762. The highest BCUT2D eigenvalue weighted by Crippen LogP contribution is 2.29. The minimum absolute atomic E-state index is 0.00558. The molecule has 0 spiro atoms. The van der Waals surface area contributed by atoms with E-state index in [-0.39, 0.29) is 23.2 Å². The number of aromatic amines is 1. The van der Waals surface area contributed by atoms with Gasteiger partial charge < -0.3 is 10.1 Å². The van der Waals surface area contributed by atoms with E-state index in [0.717, 1.165) is 12.8 Å². The second-order valence-corrected chi connectivity index (χ2v) is 4.72. The van der Waals surface area contributed by atoms with Crippen molar-refractivity contribution in [1.29, 1.82) is 5.26 Å². The third-order valence-electron chi connectivity index (χ3n) is 3.25. The van der Waals surface area contributed by atoms with E-state index in [1.807, 2.05) is 19.9 Å². The molecule has 0 saturated carbocycles. The van der Waals surface area contributed by atoms with Gasteiger partial charge in [-0.2, -0.15) is 10.5 Å². The van der Waals surface area contributed by atoms with Crippen LogP contribution in [-0.2, 0) is 0 Å². The third kappa shape index (κ3) is 4.03. The molecule has 0 atom stereocenters. The highest BCUT2D eigenvalue weighted by Gasteiger charge is 2.13. The lowest BCUT2D eigenvalue weighted by atomic mass is 10.2. The highest BCUT2D eigenvalue weighted by molar-refractivity contribution is 5.75. The highest BCUT2D eigenvalue weighted by atomic mass is 19.1. The van der Waals surface area contributed by atoms with Crippen molar-refractivity contribution in [3.63, 3.8) is 0 Å². The second kappa shape index (κ2) is 7.89. The van der Waals surface area contributed by atoms with Gasteiger partial charge in [0.25, 0.3) is 0 Å². The largest absolute Gasteiger partial charge is 0.488 e. The van der Waals surface area contributed by atoms with Crippen LogP contribution in [0.15, 0.2) is 24.4 Å². The molecule has 7 nitrogen and oxygen atoms in total. The molecule has 2 N–H and O–H groups in total. The summed E-state index contributed by atoms with van der Waals surface area (Å²) < 4.78 is 19.9. The molecule has 120 valence electrons. The molecule has 0 bridgehead atoms.